The van der Waals surface area contributed by atoms with Crippen LogP contribution in [0.5, 0.6) is 5.75 Å². The topological polar surface area (TPSA) is 189 Å². The maximum Gasteiger partial charge on any atom is 0.281 e. The summed E-state index contributed by atoms with van der Waals surface area (Å²) in [6.07, 6.45) is 8.24. The van der Waals surface area contributed by atoms with Gasteiger partial charge in [0.25, 0.3) is 17.7 Å². The molecule has 1 atom stereocenters. The Kier molecular flexibility index (Phi) is 8.52. The number of piperidine rings is 2. The minimum absolute atomic E-state index is 0.0239. The average molecular weight is 764 g/mol. The van der Waals surface area contributed by atoms with Crippen LogP contribution in [0.3, 0.4) is 0 Å². The number of nitrogens with zero attached hydrogens (tertiary/aromatic N) is 9. The molecule has 3 saturated heterocycles. The van der Waals surface area contributed by atoms with Gasteiger partial charge in [-0.3, -0.25) is 43.8 Å². The van der Waals surface area contributed by atoms with Gasteiger partial charge < -0.3 is 15.0 Å². The lowest BCUT2D eigenvalue weighted by Gasteiger charge is -2.48. The number of nitrogens with one attached hydrogen (secondary N) is 2. The second-order valence-electron chi connectivity index (χ2n) is 15.1. The number of amides is 5. The molecule has 0 saturated carbocycles. The number of alkyl halides is 1. The maximum absolute atomic E-state index is 16.0. The van der Waals surface area contributed by atoms with Gasteiger partial charge in [-0.25, -0.2) is 18.9 Å². The first-order valence-electron chi connectivity index (χ1n) is 18.6. The summed E-state index contributed by atoms with van der Waals surface area (Å²) in [5.41, 5.74) is 0.532. The number of fused-ring (bicyclic) bond motifs is 3. The molecule has 4 aliphatic rings. The highest BCUT2D eigenvalue weighted by atomic mass is 19.1. The molecule has 4 aromatic heterocycles. The molecule has 0 radical (unpaired) electrons. The van der Waals surface area contributed by atoms with E-state index in [9.17, 15) is 24.0 Å². The van der Waals surface area contributed by atoms with Gasteiger partial charge in [0.2, 0.25) is 11.8 Å². The molecule has 56 heavy (non-hydrogen) atoms. The molecule has 4 aliphatic heterocycles. The van der Waals surface area contributed by atoms with Crippen LogP contribution < -0.4 is 20.3 Å². The largest absolute Gasteiger partial charge is 0.489 e. The van der Waals surface area contributed by atoms with Crippen molar-refractivity contribution in [3.63, 3.8) is 0 Å². The first-order valence-corrected chi connectivity index (χ1v) is 18.6. The van der Waals surface area contributed by atoms with Gasteiger partial charge in [0.15, 0.2) is 11.3 Å². The van der Waals surface area contributed by atoms with Gasteiger partial charge in [-0.05, 0) is 57.4 Å². The number of benzene rings is 1. The van der Waals surface area contributed by atoms with Crippen LogP contribution in [-0.4, -0.2) is 119 Å². The van der Waals surface area contributed by atoms with Crippen molar-refractivity contribution in [1.29, 1.82) is 0 Å². The normalized spacial score (nSPS) is 20.2. The highest BCUT2D eigenvalue weighted by molar-refractivity contribution is 6.22. The number of anilines is 2. The first kappa shape index (κ1) is 35.4. The van der Waals surface area contributed by atoms with Crippen LogP contribution in [0.4, 0.5) is 15.9 Å². The Labute approximate surface area is 318 Å². The zero-order valence-corrected chi connectivity index (χ0v) is 30.6. The predicted molar refractivity (Wildman–Crippen MR) is 198 cm³/mol. The summed E-state index contributed by atoms with van der Waals surface area (Å²) in [4.78, 5) is 77.0. The third kappa shape index (κ3) is 6.28. The zero-order chi connectivity index (χ0) is 38.9. The van der Waals surface area contributed by atoms with Crippen LogP contribution in [0.25, 0.3) is 16.6 Å². The number of hydrogen-bond donors (Lipinski definition) is 2. The van der Waals surface area contributed by atoms with Crippen LogP contribution in [0.1, 0.15) is 76.8 Å². The number of aromatic nitrogens is 6. The van der Waals surface area contributed by atoms with E-state index in [1.165, 1.54) is 16.8 Å². The van der Waals surface area contributed by atoms with Crippen LogP contribution in [0, 0.1) is 0 Å². The third-order valence-corrected chi connectivity index (χ3v) is 10.7. The monoisotopic (exact) mass is 763 g/mol. The van der Waals surface area contributed by atoms with Crippen molar-refractivity contribution in [1.82, 2.24) is 44.5 Å². The zero-order valence-electron chi connectivity index (χ0n) is 30.6. The molecule has 288 valence electrons. The Hall–Kier alpha value is -6.30. The smallest absolute Gasteiger partial charge is 0.281 e. The number of halogens is 1. The standard InChI is InChI=1S/C38H38FN11O6/c1-21(2)56-29-15-26-22(14-27(29)42-34(52)25-16-41-48-11-3-10-40-33(25)48)17-49(45-26)23-8-12-46(13-9-23)18-38(39)19-47(20-38)30-6-4-24-32(43-30)37(55)50(36(24)54)28-5-7-31(51)44-35(28)53/h3-4,6,10-11,14-17,21,23,28H,5,7-9,12-13,18-20H2,1-2H3,(H,42,52)(H,44,51,53). The molecular formula is C38H38FN11O6. The van der Waals surface area contributed by atoms with E-state index in [1.54, 1.807) is 29.4 Å². The minimum atomic E-state index is -1.49. The van der Waals surface area contributed by atoms with Crippen molar-refractivity contribution in [2.24, 2.45) is 0 Å². The summed E-state index contributed by atoms with van der Waals surface area (Å²) in [7, 11) is 0. The molecule has 0 bridgehead atoms. The third-order valence-electron chi connectivity index (χ3n) is 10.7. The van der Waals surface area contributed by atoms with E-state index < -0.39 is 35.3 Å². The van der Waals surface area contributed by atoms with Crippen molar-refractivity contribution in [2.45, 2.75) is 63.4 Å². The Morgan fingerprint density at radius 1 is 1.09 bits per heavy atom. The summed E-state index contributed by atoms with van der Waals surface area (Å²) in [6, 6.07) is 7.52. The fourth-order valence-corrected chi connectivity index (χ4v) is 8.04. The fourth-order valence-electron chi connectivity index (χ4n) is 8.04. The molecule has 2 N–H and O–H groups in total. The molecule has 0 spiro atoms. The molecule has 17 nitrogen and oxygen atoms in total. The van der Waals surface area contributed by atoms with Crippen molar-refractivity contribution in [3.05, 3.63) is 71.9 Å². The summed E-state index contributed by atoms with van der Waals surface area (Å²) >= 11 is 0. The first-order chi connectivity index (χ1) is 26.9. The van der Waals surface area contributed by atoms with Crippen molar-refractivity contribution in [2.75, 3.05) is 42.9 Å². The van der Waals surface area contributed by atoms with Gasteiger partial charge in [0.05, 0.1) is 48.2 Å². The van der Waals surface area contributed by atoms with Gasteiger partial charge in [0.1, 0.15) is 28.9 Å². The van der Waals surface area contributed by atoms with Crippen LogP contribution >= 0.6 is 0 Å². The van der Waals surface area contributed by atoms with E-state index >= 15 is 4.39 Å². The lowest BCUT2D eigenvalue weighted by Crippen LogP contribution is -2.64. The SMILES string of the molecule is CC(C)Oc1cc2nn(C3CCN(CC4(F)CN(c5ccc6c(n5)C(=O)N(C5CCC(=O)NC5=O)C6=O)C4)CC3)cc2cc1NC(=O)c1cnn2cccnc12. The lowest BCUT2D eigenvalue weighted by molar-refractivity contribution is -0.136. The quantitative estimate of drug-likeness (QED) is 0.209. The van der Waals surface area contributed by atoms with Crippen molar-refractivity contribution in [3.8, 4) is 5.75 Å². The highest BCUT2D eigenvalue weighted by Crippen LogP contribution is 2.36. The summed E-state index contributed by atoms with van der Waals surface area (Å²) in [5, 5.41) is 15.1. The number of carbonyl (C=O) groups is 5. The van der Waals surface area contributed by atoms with E-state index in [-0.39, 0.29) is 61.8 Å². The van der Waals surface area contributed by atoms with E-state index in [1.807, 2.05) is 36.9 Å². The molecule has 18 heteroatoms. The highest BCUT2D eigenvalue weighted by Gasteiger charge is 2.48. The van der Waals surface area contributed by atoms with E-state index in [2.05, 4.69) is 30.6 Å². The molecule has 0 aliphatic carbocycles. The number of likely N-dealkylation sites (tertiary alicyclic amines) is 1. The van der Waals surface area contributed by atoms with Crippen LogP contribution in [0.2, 0.25) is 0 Å². The summed E-state index contributed by atoms with van der Waals surface area (Å²) in [5.74, 6) is -1.95. The molecule has 5 amide bonds. The minimum Gasteiger partial charge on any atom is -0.489 e. The van der Waals surface area contributed by atoms with Gasteiger partial charge >= 0.3 is 0 Å². The van der Waals surface area contributed by atoms with Crippen LogP contribution in [-0.2, 0) is 9.59 Å². The molecule has 1 aromatic carbocycles. The van der Waals surface area contributed by atoms with Gasteiger partial charge in [-0.1, -0.05) is 0 Å². The fraction of sp³-hybridized carbons (Fsp3) is 0.395. The van der Waals surface area contributed by atoms with E-state index in [4.69, 9.17) is 9.84 Å². The van der Waals surface area contributed by atoms with Crippen molar-refractivity contribution < 1.29 is 33.1 Å². The molecular weight excluding hydrogens is 725 g/mol. The number of carbonyl (C=O) groups excluding carboxylic acids is 5. The summed E-state index contributed by atoms with van der Waals surface area (Å²) in [6.45, 7) is 5.57. The number of imide groups is 2. The predicted octanol–water partition coefficient (Wildman–Crippen LogP) is 2.78. The Bertz CT molecular complexity index is 2450. The number of pyridine rings is 1. The molecule has 3 fully saturated rings. The van der Waals surface area contributed by atoms with Gasteiger partial charge in [0, 0.05) is 56.1 Å². The lowest BCUT2D eigenvalue weighted by atomic mass is 9.93. The molecule has 5 aromatic rings. The summed E-state index contributed by atoms with van der Waals surface area (Å²) < 4.78 is 25.6. The van der Waals surface area contributed by atoms with Gasteiger partial charge in [-0.2, -0.15) is 10.2 Å². The van der Waals surface area contributed by atoms with E-state index in [0.717, 1.165) is 28.6 Å². The van der Waals surface area contributed by atoms with Crippen LogP contribution in [0.15, 0.2) is 55.1 Å². The number of hydrogen-bond acceptors (Lipinski definition) is 12. The Balaban J connectivity index is 0.822. The molecule has 9 rings (SSSR count). The van der Waals surface area contributed by atoms with Crippen molar-refractivity contribution >= 4 is 57.6 Å². The second-order valence-corrected chi connectivity index (χ2v) is 15.1. The van der Waals surface area contributed by atoms with Gasteiger partial charge in [-0.15, -0.1) is 0 Å². The van der Waals surface area contributed by atoms with E-state index in [0.29, 0.717) is 41.6 Å². The number of ether oxygens (including phenoxy) is 1. The second kappa shape index (κ2) is 13.5. The number of rotatable bonds is 9. The molecule has 1 unspecified atom stereocenters. The average Bonchev–Trinajstić information content (AvgIpc) is 3.85. The Morgan fingerprint density at radius 3 is 2.66 bits per heavy atom. The Morgan fingerprint density at radius 2 is 1.89 bits per heavy atom. The maximum atomic E-state index is 16.0. The molecule has 8 heterocycles.